The second kappa shape index (κ2) is 5.25. The molecule has 2 nitrogen and oxygen atoms in total. The lowest BCUT2D eigenvalue weighted by Gasteiger charge is -2.17. The number of fused-ring (bicyclic) bond motifs is 1. The Morgan fingerprint density at radius 1 is 1.16 bits per heavy atom. The van der Waals surface area contributed by atoms with Gasteiger partial charge in [0.15, 0.2) is 0 Å². The zero-order valence-corrected chi connectivity index (χ0v) is 13.8. The van der Waals surface area contributed by atoms with Gasteiger partial charge in [0, 0.05) is 13.7 Å². The Balaban J connectivity index is 1.90. The van der Waals surface area contributed by atoms with Gasteiger partial charge >= 0.3 is 0 Å². The van der Waals surface area contributed by atoms with Crippen molar-refractivity contribution in [3.63, 3.8) is 0 Å². The third-order valence-electron chi connectivity index (χ3n) is 3.23. The lowest BCUT2D eigenvalue weighted by Crippen LogP contribution is -2.25. The third-order valence-corrected chi connectivity index (χ3v) is 4.43. The van der Waals surface area contributed by atoms with Crippen LogP contribution in [0.3, 0.4) is 0 Å². The first-order chi connectivity index (χ1) is 9.13. The number of carbonyl (C=O) groups excluding carboxylic acids is 1. The van der Waals surface area contributed by atoms with E-state index in [4.69, 9.17) is 0 Å². The summed E-state index contributed by atoms with van der Waals surface area (Å²) >= 11 is 5.70. The molecule has 0 bridgehead atoms. The van der Waals surface area contributed by atoms with Crippen molar-refractivity contribution in [2.75, 3.05) is 4.90 Å². The lowest BCUT2D eigenvalue weighted by molar-refractivity contribution is -0.117. The Hall–Kier alpha value is -0.880. The minimum atomic E-state index is 0.180. The van der Waals surface area contributed by atoms with Crippen LogP contribution in [-0.2, 0) is 17.8 Å². The SMILES string of the molecule is O=C1Cc2cc(I)ccc2N1Cc1ccc(Br)cc1. The molecular formula is C15H11BrINO. The van der Waals surface area contributed by atoms with E-state index >= 15 is 0 Å². The second-order valence-electron chi connectivity index (χ2n) is 4.56. The normalized spacial score (nSPS) is 13.8. The third kappa shape index (κ3) is 2.69. The molecule has 1 aliphatic heterocycles. The van der Waals surface area contributed by atoms with Gasteiger partial charge in [-0.05, 0) is 64.0 Å². The minimum Gasteiger partial charge on any atom is -0.307 e. The molecule has 0 saturated heterocycles. The maximum atomic E-state index is 12.1. The van der Waals surface area contributed by atoms with E-state index in [2.05, 4.69) is 44.6 Å². The highest BCUT2D eigenvalue weighted by Crippen LogP contribution is 2.31. The van der Waals surface area contributed by atoms with E-state index in [1.165, 1.54) is 3.57 Å². The van der Waals surface area contributed by atoms with Crippen molar-refractivity contribution in [3.05, 3.63) is 61.6 Å². The monoisotopic (exact) mass is 427 g/mol. The molecule has 0 saturated carbocycles. The van der Waals surface area contributed by atoms with Crippen LogP contribution in [0.1, 0.15) is 11.1 Å². The van der Waals surface area contributed by atoms with Crippen molar-refractivity contribution in [1.29, 1.82) is 0 Å². The van der Waals surface area contributed by atoms with E-state index in [0.717, 1.165) is 21.3 Å². The molecule has 2 aromatic carbocycles. The van der Waals surface area contributed by atoms with Crippen LogP contribution in [0.15, 0.2) is 46.9 Å². The van der Waals surface area contributed by atoms with E-state index in [0.29, 0.717) is 13.0 Å². The molecule has 1 amide bonds. The Kier molecular flexibility index (Phi) is 3.62. The fraction of sp³-hybridized carbons (Fsp3) is 0.133. The average Bonchev–Trinajstić information content (AvgIpc) is 2.68. The molecule has 0 spiro atoms. The average molecular weight is 428 g/mol. The number of nitrogens with zero attached hydrogens (tertiary/aromatic N) is 1. The fourth-order valence-electron chi connectivity index (χ4n) is 2.30. The van der Waals surface area contributed by atoms with E-state index in [-0.39, 0.29) is 5.91 Å². The van der Waals surface area contributed by atoms with Gasteiger partial charge in [0.2, 0.25) is 5.91 Å². The summed E-state index contributed by atoms with van der Waals surface area (Å²) in [7, 11) is 0. The number of hydrogen-bond donors (Lipinski definition) is 0. The van der Waals surface area contributed by atoms with Crippen LogP contribution in [0.2, 0.25) is 0 Å². The number of benzene rings is 2. The van der Waals surface area contributed by atoms with Crippen molar-refractivity contribution in [3.8, 4) is 0 Å². The summed E-state index contributed by atoms with van der Waals surface area (Å²) in [5.74, 6) is 0.180. The summed E-state index contributed by atoms with van der Waals surface area (Å²) in [5.41, 5.74) is 3.32. The number of halogens is 2. The molecule has 2 aromatic rings. The molecular weight excluding hydrogens is 417 g/mol. The molecule has 0 aromatic heterocycles. The van der Waals surface area contributed by atoms with Crippen LogP contribution in [0.5, 0.6) is 0 Å². The molecule has 1 heterocycles. The van der Waals surface area contributed by atoms with Gasteiger partial charge in [-0.2, -0.15) is 0 Å². The minimum absolute atomic E-state index is 0.180. The summed E-state index contributed by atoms with van der Waals surface area (Å²) in [5, 5.41) is 0. The molecule has 0 fully saturated rings. The molecule has 0 N–H and O–H groups in total. The second-order valence-corrected chi connectivity index (χ2v) is 6.72. The van der Waals surface area contributed by atoms with Gasteiger partial charge in [0.05, 0.1) is 13.0 Å². The zero-order valence-electron chi connectivity index (χ0n) is 10.1. The van der Waals surface area contributed by atoms with Crippen LogP contribution in [0, 0.1) is 3.57 Å². The van der Waals surface area contributed by atoms with Gasteiger partial charge in [-0.1, -0.05) is 28.1 Å². The summed E-state index contributed by atoms with van der Waals surface area (Å²) in [6.07, 6.45) is 0.517. The largest absolute Gasteiger partial charge is 0.307 e. The molecule has 19 heavy (non-hydrogen) atoms. The highest BCUT2D eigenvalue weighted by Gasteiger charge is 2.27. The van der Waals surface area contributed by atoms with Gasteiger partial charge in [-0.15, -0.1) is 0 Å². The number of rotatable bonds is 2. The first kappa shape index (κ1) is 13.1. The van der Waals surface area contributed by atoms with Crippen LogP contribution < -0.4 is 4.90 Å². The Bertz CT molecular complexity index is 639. The quantitative estimate of drug-likeness (QED) is 0.659. The van der Waals surface area contributed by atoms with Crippen LogP contribution in [0.4, 0.5) is 5.69 Å². The summed E-state index contributed by atoms with van der Waals surface area (Å²) in [4.78, 5) is 14.0. The molecule has 96 valence electrons. The molecule has 0 unspecified atom stereocenters. The number of carbonyl (C=O) groups is 1. The van der Waals surface area contributed by atoms with Gasteiger partial charge in [0.1, 0.15) is 0 Å². The predicted octanol–water partition coefficient (Wildman–Crippen LogP) is 4.14. The Morgan fingerprint density at radius 3 is 2.63 bits per heavy atom. The van der Waals surface area contributed by atoms with Crippen molar-refractivity contribution in [2.24, 2.45) is 0 Å². The predicted molar refractivity (Wildman–Crippen MR) is 88.2 cm³/mol. The number of anilines is 1. The molecule has 1 aliphatic rings. The van der Waals surface area contributed by atoms with E-state index in [1.54, 1.807) is 0 Å². The van der Waals surface area contributed by atoms with Gasteiger partial charge in [0.25, 0.3) is 0 Å². The van der Waals surface area contributed by atoms with Crippen molar-refractivity contribution in [1.82, 2.24) is 0 Å². The van der Waals surface area contributed by atoms with Crippen LogP contribution in [0.25, 0.3) is 0 Å². The molecule has 0 radical (unpaired) electrons. The van der Waals surface area contributed by atoms with E-state index in [1.807, 2.05) is 41.3 Å². The lowest BCUT2D eigenvalue weighted by atomic mass is 10.1. The van der Waals surface area contributed by atoms with Crippen molar-refractivity contribution in [2.45, 2.75) is 13.0 Å². The topological polar surface area (TPSA) is 20.3 Å². The first-order valence-corrected chi connectivity index (χ1v) is 7.84. The summed E-state index contributed by atoms with van der Waals surface area (Å²) < 4.78 is 2.23. The molecule has 3 rings (SSSR count). The highest BCUT2D eigenvalue weighted by atomic mass is 127. The molecule has 0 aliphatic carbocycles. The number of hydrogen-bond acceptors (Lipinski definition) is 1. The zero-order chi connectivity index (χ0) is 13.4. The standard InChI is InChI=1S/C15H11BrINO/c16-12-3-1-10(2-4-12)9-18-14-6-5-13(17)7-11(14)8-15(18)19/h1-7H,8-9H2. The summed E-state index contributed by atoms with van der Waals surface area (Å²) in [6, 6.07) is 14.3. The van der Waals surface area contributed by atoms with Crippen molar-refractivity contribution < 1.29 is 4.79 Å². The van der Waals surface area contributed by atoms with Crippen LogP contribution >= 0.6 is 38.5 Å². The number of amides is 1. The van der Waals surface area contributed by atoms with E-state index < -0.39 is 0 Å². The maximum Gasteiger partial charge on any atom is 0.231 e. The van der Waals surface area contributed by atoms with Gasteiger partial charge < -0.3 is 4.90 Å². The van der Waals surface area contributed by atoms with Gasteiger partial charge in [-0.3, -0.25) is 4.79 Å². The highest BCUT2D eigenvalue weighted by molar-refractivity contribution is 14.1. The summed E-state index contributed by atoms with van der Waals surface area (Å²) in [6.45, 7) is 0.639. The molecule has 4 heteroatoms. The van der Waals surface area contributed by atoms with Crippen molar-refractivity contribution >= 4 is 50.1 Å². The smallest absolute Gasteiger partial charge is 0.231 e. The van der Waals surface area contributed by atoms with E-state index in [9.17, 15) is 4.79 Å². The Labute approximate surface area is 134 Å². The fourth-order valence-corrected chi connectivity index (χ4v) is 3.12. The van der Waals surface area contributed by atoms with Gasteiger partial charge in [-0.25, -0.2) is 0 Å². The first-order valence-electron chi connectivity index (χ1n) is 5.97. The molecule has 0 atom stereocenters. The maximum absolute atomic E-state index is 12.1. The van der Waals surface area contributed by atoms with Crippen LogP contribution in [-0.4, -0.2) is 5.91 Å². The Morgan fingerprint density at radius 2 is 1.89 bits per heavy atom.